The third kappa shape index (κ3) is 4.39. The first kappa shape index (κ1) is 20.7. The van der Waals surface area contributed by atoms with E-state index in [1.54, 1.807) is 6.07 Å². The minimum Gasteiger partial charge on any atom is -0.507 e. The first-order valence-corrected chi connectivity index (χ1v) is 11.1. The van der Waals surface area contributed by atoms with E-state index in [-0.39, 0.29) is 11.7 Å². The predicted molar refractivity (Wildman–Crippen MR) is 134 cm³/mol. The molecule has 0 spiro atoms. The number of rotatable bonds is 5. The van der Waals surface area contributed by atoms with Crippen molar-refractivity contribution in [3.8, 4) is 39.5 Å². The first-order chi connectivity index (χ1) is 16.2. The van der Waals surface area contributed by atoms with Gasteiger partial charge in [0.05, 0.1) is 17.1 Å². The molecule has 2 aromatic heterocycles. The molecule has 5 aromatic rings. The maximum atomic E-state index is 10.2. The number of phenolic OH excluding ortho intramolecular Hbond substituents is 1. The standard InChI is InChI=1S/C30H24N2O/c1-21(22-10-3-2-4-11-22)26-15-8-16-27(31-26)23-12-7-13-24(20-23)28-17-9-18-29(32-28)25-14-5-6-19-30(25)33/h2-21,33H,1H3. The van der Waals surface area contributed by atoms with Gasteiger partial charge in [0.1, 0.15) is 5.75 Å². The molecule has 0 radical (unpaired) electrons. The topological polar surface area (TPSA) is 46.0 Å². The Hall–Kier alpha value is -4.24. The molecule has 3 nitrogen and oxygen atoms in total. The van der Waals surface area contributed by atoms with E-state index in [1.807, 2.05) is 54.6 Å². The van der Waals surface area contributed by atoms with Crippen LogP contribution < -0.4 is 0 Å². The summed E-state index contributed by atoms with van der Waals surface area (Å²) in [5.74, 6) is 0.440. The molecule has 0 aliphatic carbocycles. The van der Waals surface area contributed by atoms with Crippen LogP contribution in [0.3, 0.4) is 0 Å². The van der Waals surface area contributed by atoms with Crippen molar-refractivity contribution in [3.05, 3.63) is 127 Å². The van der Waals surface area contributed by atoms with E-state index in [2.05, 4.69) is 61.5 Å². The van der Waals surface area contributed by atoms with Crippen molar-refractivity contribution in [3.63, 3.8) is 0 Å². The second-order valence-electron chi connectivity index (χ2n) is 8.09. The highest BCUT2D eigenvalue weighted by Gasteiger charge is 2.12. The second-order valence-corrected chi connectivity index (χ2v) is 8.09. The zero-order valence-electron chi connectivity index (χ0n) is 18.4. The first-order valence-electron chi connectivity index (χ1n) is 11.1. The molecule has 0 saturated heterocycles. The van der Waals surface area contributed by atoms with Gasteiger partial charge in [-0.15, -0.1) is 0 Å². The van der Waals surface area contributed by atoms with Gasteiger partial charge in [0.15, 0.2) is 0 Å². The molecule has 0 bridgehead atoms. The van der Waals surface area contributed by atoms with Crippen molar-refractivity contribution in [1.82, 2.24) is 9.97 Å². The molecule has 33 heavy (non-hydrogen) atoms. The fourth-order valence-corrected chi connectivity index (χ4v) is 4.04. The number of hydrogen-bond donors (Lipinski definition) is 1. The van der Waals surface area contributed by atoms with Crippen LogP contribution in [0.2, 0.25) is 0 Å². The molecule has 3 aromatic carbocycles. The summed E-state index contributed by atoms with van der Waals surface area (Å²) in [4.78, 5) is 9.79. The van der Waals surface area contributed by atoms with Gasteiger partial charge in [0.25, 0.3) is 0 Å². The van der Waals surface area contributed by atoms with Crippen molar-refractivity contribution in [2.45, 2.75) is 12.8 Å². The van der Waals surface area contributed by atoms with Gasteiger partial charge < -0.3 is 5.11 Å². The van der Waals surface area contributed by atoms with Crippen LogP contribution in [0.25, 0.3) is 33.8 Å². The highest BCUT2D eigenvalue weighted by molar-refractivity contribution is 5.73. The van der Waals surface area contributed by atoms with Crippen molar-refractivity contribution < 1.29 is 5.11 Å². The number of phenols is 1. The van der Waals surface area contributed by atoms with Crippen LogP contribution >= 0.6 is 0 Å². The summed E-state index contributed by atoms with van der Waals surface area (Å²) in [5.41, 5.74) is 7.61. The molecule has 3 heteroatoms. The molecule has 1 N–H and O–H groups in total. The van der Waals surface area contributed by atoms with E-state index in [0.717, 1.165) is 39.5 Å². The predicted octanol–water partition coefficient (Wildman–Crippen LogP) is 7.34. The normalized spacial score (nSPS) is 11.8. The maximum absolute atomic E-state index is 10.2. The lowest BCUT2D eigenvalue weighted by Gasteiger charge is -2.13. The summed E-state index contributed by atoms with van der Waals surface area (Å²) < 4.78 is 0. The summed E-state index contributed by atoms with van der Waals surface area (Å²) in [6.07, 6.45) is 0. The maximum Gasteiger partial charge on any atom is 0.124 e. The SMILES string of the molecule is CC(c1ccccc1)c1cccc(-c2cccc(-c3cccc(-c4ccccc4O)n3)c2)n1. The van der Waals surface area contributed by atoms with E-state index in [0.29, 0.717) is 0 Å². The van der Waals surface area contributed by atoms with Crippen molar-refractivity contribution in [2.75, 3.05) is 0 Å². The van der Waals surface area contributed by atoms with Crippen LogP contribution in [0.5, 0.6) is 5.75 Å². The van der Waals surface area contributed by atoms with Crippen LogP contribution in [0.15, 0.2) is 115 Å². The number of pyridine rings is 2. The van der Waals surface area contributed by atoms with Gasteiger partial charge in [-0.05, 0) is 48.0 Å². The van der Waals surface area contributed by atoms with Gasteiger partial charge in [-0.2, -0.15) is 0 Å². The minimum atomic E-state index is 0.214. The number of aromatic nitrogens is 2. The summed E-state index contributed by atoms with van der Waals surface area (Å²) in [6, 6.07) is 38.1. The molecule has 5 rings (SSSR count). The van der Waals surface area contributed by atoms with Crippen LogP contribution in [0.1, 0.15) is 24.1 Å². The molecule has 0 aliphatic rings. The van der Waals surface area contributed by atoms with Crippen molar-refractivity contribution >= 4 is 0 Å². The average molecular weight is 429 g/mol. The Morgan fingerprint density at radius 2 is 1.18 bits per heavy atom. The summed E-state index contributed by atoms with van der Waals surface area (Å²) in [7, 11) is 0. The van der Waals surface area contributed by atoms with Gasteiger partial charge in [-0.1, -0.05) is 79.7 Å². The Labute approximate surface area is 194 Å². The van der Waals surface area contributed by atoms with E-state index in [4.69, 9.17) is 9.97 Å². The lowest BCUT2D eigenvalue weighted by atomic mass is 9.96. The van der Waals surface area contributed by atoms with Gasteiger partial charge >= 0.3 is 0 Å². The molecule has 0 amide bonds. The molecule has 1 atom stereocenters. The highest BCUT2D eigenvalue weighted by Crippen LogP contribution is 2.31. The Bertz CT molecular complexity index is 1400. The summed E-state index contributed by atoms with van der Waals surface area (Å²) >= 11 is 0. The quantitative estimate of drug-likeness (QED) is 0.319. The Morgan fingerprint density at radius 3 is 1.94 bits per heavy atom. The molecule has 0 aliphatic heterocycles. The molecule has 160 valence electrons. The van der Waals surface area contributed by atoms with Crippen molar-refractivity contribution in [2.24, 2.45) is 0 Å². The number of nitrogens with zero attached hydrogens (tertiary/aromatic N) is 2. The number of hydrogen-bond acceptors (Lipinski definition) is 3. The second kappa shape index (κ2) is 9.09. The lowest BCUT2D eigenvalue weighted by molar-refractivity contribution is 0.477. The zero-order chi connectivity index (χ0) is 22.6. The molecule has 0 fully saturated rings. The van der Waals surface area contributed by atoms with E-state index < -0.39 is 0 Å². The average Bonchev–Trinajstić information content (AvgIpc) is 2.89. The number of para-hydroxylation sites is 1. The number of benzene rings is 3. The van der Waals surface area contributed by atoms with Gasteiger partial charge in [-0.3, -0.25) is 4.98 Å². The van der Waals surface area contributed by atoms with Gasteiger partial charge in [0.2, 0.25) is 0 Å². The summed E-state index contributed by atoms with van der Waals surface area (Å²) in [6.45, 7) is 2.19. The van der Waals surface area contributed by atoms with E-state index in [1.165, 1.54) is 5.56 Å². The molecule has 0 saturated carbocycles. The van der Waals surface area contributed by atoms with Crippen LogP contribution in [-0.2, 0) is 0 Å². The van der Waals surface area contributed by atoms with Crippen LogP contribution in [0.4, 0.5) is 0 Å². The smallest absolute Gasteiger partial charge is 0.124 e. The Kier molecular flexibility index (Phi) is 5.69. The van der Waals surface area contributed by atoms with E-state index >= 15 is 0 Å². The molecular formula is C30H24N2O. The van der Waals surface area contributed by atoms with Crippen LogP contribution in [0, 0.1) is 0 Å². The largest absolute Gasteiger partial charge is 0.507 e. The fraction of sp³-hybridized carbons (Fsp3) is 0.0667. The lowest BCUT2D eigenvalue weighted by Crippen LogP contribution is -2.00. The van der Waals surface area contributed by atoms with Crippen LogP contribution in [-0.4, -0.2) is 15.1 Å². The molecule has 2 heterocycles. The van der Waals surface area contributed by atoms with Gasteiger partial charge in [0, 0.05) is 28.3 Å². The fourth-order valence-electron chi connectivity index (χ4n) is 4.04. The highest BCUT2D eigenvalue weighted by atomic mass is 16.3. The Morgan fingerprint density at radius 1 is 0.576 bits per heavy atom. The number of aromatic hydroxyl groups is 1. The third-order valence-corrected chi connectivity index (χ3v) is 5.90. The van der Waals surface area contributed by atoms with Gasteiger partial charge in [-0.25, -0.2) is 4.98 Å². The Balaban J connectivity index is 1.49. The van der Waals surface area contributed by atoms with Crippen molar-refractivity contribution in [1.29, 1.82) is 0 Å². The summed E-state index contributed by atoms with van der Waals surface area (Å²) in [5, 5.41) is 10.2. The minimum absolute atomic E-state index is 0.214. The third-order valence-electron chi connectivity index (χ3n) is 5.90. The monoisotopic (exact) mass is 428 g/mol. The zero-order valence-corrected chi connectivity index (χ0v) is 18.4. The van der Waals surface area contributed by atoms with E-state index in [9.17, 15) is 5.11 Å². The molecule has 1 unspecified atom stereocenters. The molecular weight excluding hydrogens is 404 g/mol.